The fraction of sp³-hybridized carbons (Fsp3) is 0.882. The second-order valence-corrected chi connectivity index (χ2v) is 12.6. The van der Waals surface area contributed by atoms with E-state index in [1.807, 2.05) is 11.9 Å². The molecule has 0 aromatic heterocycles. The molecule has 0 aliphatic carbocycles. The van der Waals surface area contributed by atoms with Crippen molar-refractivity contribution < 1.29 is 19.4 Å². The van der Waals surface area contributed by atoms with Crippen molar-refractivity contribution in [3.63, 3.8) is 0 Å². The molecule has 2 fully saturated rings. The van der Waals surface area contributed by atoms with Crippen LogP contribution in [0.25, 0.3) is 4.85 Å². The lowest BCUT2D eigenvalue weighted by molar-refractivity contribution is -0.163. The summed E-state index contributed by atoms with van der Waals surface area (Å²) in [6, 6.07) is 0. The van der Waals surface area contributed by atoms with Gasteiger partial charge in [0.2, 0.25) is 0 Å². The standard InChI is InChI=1S/C10H20N2OSi.C7H13NO3.ClH/c1-11-10(13-14(3,4)5)6-8-12(2)9-7-10;1-8-4-2-7(11,3-5-8)6(9)10;/h6-9H2,2-5H3;11H,2-5H2,1H3,(H,9,10);1H. The zero-order valence-electron chi connectivity index (χ0n) is 16.6. The molecule has 0 aromatic rings. The lowest BCUT2D eigenvalue weighted by atomic mass is 9.92. The number of rotatable bonds is 3. The highest BCUT2D eigenvalue weighted by Crippen LogP contribution is 2.30. The van der Waals surface area contributed by atoms with Crippen LogP contribution < -0.4 is 0 Å². The normalized spacial score (nSPS) is 23.0. The Bertz CT molecular complexity index is 491. The van der Waals surface area contributed by atoms with Gasteiger partial charge in [0.15, 0.2) is 13.9 Å². The lowest BCUT2D eigenvalue weighted by Gasteiger charge is -2.35. The highest BCUT2D eigenvalue weighted by molar-refractivity contribution is 6.69. The third-order valence-electron chi connectivity index (χ3n) is 4.68. The van der Waals surface area contributed by atoms with Crippen LogP contribution in [0, 0.1) is 6.57 Å². The molecule has 0 amide bonds. The first-order valence-electron chi connectivity index (χ1n) is 8.83. The number of carboxylic acids is 1. The molecule has 0 unspecified atom stereocenters. The average Bonchev–Trinajstić information content (AvgIpc) is 2.52. The van der Waals surface area contributed by atoms with Gasteiger partial charge in [0.05, 0.1) is 12.8 Å². The third-order valence-corrected chi connectivity index (χ3v) is 5.67. The summed E-state index contributed by atoms with van der Waals surface area (Å²) >= 11 is 0. The SMILES string of the molecule is CN1CCC(O)(C(=O)O)CC1.Cl.[C-]#[N+]C1(O[Si](C)(C)C)CCN(C)CC1. The highest BCUT2D eigenvalue weighted by Gasteiger charge is 2.44. The predicted octanol–water partition coefficient (Wildman–Crippen LogP) is 2.13. The molecule has 2 rings (SSSR count). The molecule has 2 N–H and O–H groups in total. The molecule has 0 radical (unpaired) electrons. The van der Waals surface area contributed by atoms with Gasteiger partial charge in [-0.25, -0.2) is 11.4 Å². The van der Waals surface area contributed by atoms with Crippen LogP contribution in [-0.2, 0) is 9.22 Å². The molecule has 0 spiro atoms. The minimum atomic E-state index is -1.59. The van der Waals surface area contributed by atoms with Crippen LogP contribution in [0.2, 0.25) is 19.6 Å². The van der Waals surface area contributed by atoms with E-state index in [9.17, 15) is 9.90 Å². The first kappa shape index (κ1) is 25.3. The number of aliphatic hydroxyl groups is 1. The molecule has 0 saturated carbocycles. The minimum Gasteiger partial charge on any atom is -0.479 e. The fourth-order valence-corrected chi connectivity index (χ4v) is 4.37. The summed E-state index contributed by atoms with van der Waals surface area (Å²) in [5, 5.41) is 18.1. The Morgan fingerprint density at radius 3 is 1.73 bits per heavy atom. The first-order chi connectivity index (χ1) is 11.4. The van der Waals surface area contributed by atoms with Gasteiger partial charge < -0.3 is 24.4 Å². The van der Waals surface area contributed by atoms with Gasteiger partial charge in [-0.2, -0.15) is 0 Å². The van der Waals surface area contributed by atoms with Crippen LogP contribution in [-0.4, -0.2) is 85.9 Å². The topological polar surface area (TPSA) is 77.6 Å². The molecule has 2 heterocycles. The Kier molecular flexibility index (Phi) is 9.75. The average molecular weight is 408 g/mol. The number of carbonyl (C=O) groups is 1. The Labute approximate surface area is 164 Å². The number of hydrogen-bond donors (Lipinski definition) is 2. The van der Waals surface area contributed by atoms with E-state index in [4.69, 9.17) is 16.1 Å². The number of carboxylic acid groups (broad SMARTS) is 1. The summed E-state index contributed by atoms with van der Waals surface area (Å²) in [7, 11) is 2.43. The Hall–Kier alpha value is -0.693. The van der Waals surface area contributed by atoms with E-state index in [2.05, 4.69) is 36.4 Å². The monoisotopic (exact) mass is 407 g/mol. The molecule has 26 heavy (non-hydrogen) atoms. The fourth-order valence-electron chi connectivity index (χ4n) is 2.98. The maximum absolute atomic E-state index is 10.5. The van der Waals surface area contributed by atoms with Crippen molar-refractivity contribution in [2.24, 2.45) is 0 Å². The molecule has 152 valence electrons. The van der Waals surface area contributed by atoms with E-state index in [0.29, 0.717) is 25.9 Å². The van der Waals surface area contributed by atoms with Crippen LogP contribution in [0.4, 0.5) is 0 Å². The van der Waals surface area contributed by atoms with Crippen LogP contribution >= 0.6 is 12.4 Å². The molecule has 0 aromatic carbocycles. The quantitative estimate of drug-likeness (QED) is 0.551. The van der Waals surface area contributed by atoms with Gasteiger partial charge in [-0.3, -0.25) is 4.85 Å². The number of likely N-dealkylation sites (tertiary alicyclic amines) is 2. The Morgan fingerprint density at radius 1 is 1.04 bits per heavy atom. The van der Waals surface area contributed by atoms with Crippen molar-refractivity contribution in [3.05, 3.63) is 11.4 Å². The number of hydrogen-bond acceptors (Lipinski definition) is 5. The lowest BCUT2D eigenvalue weighted by Crippen LogP contribution is -2.48. The summed E-state index contributed by atoms with van der Waals surface area (Å²) < 4.78 is 6.02. The number of nitrogens with zero attached hydrogens (tertiary/aromatic N) is 3. The van der Waals surface area contributed by atoms with Crippen molar-refractivity contribution in [1.82, 2.24) is 9.80 Å². The summed E-state index contributed by atoms with van der Waals surface area (Å²) in [6.45, 7) is 17.0. The second-order valence-electron chi connectivity index (χ2n) is 8.22. The summed E-state index contributed by atoms with van der Waals surface area (Å²) in [5.74, 6) is -1.09. The molecule has 2 aliphatic rings. The summed E-state index contributed by atoms with van der Waals surface area (Å²) in [6.07, 6.45) is 2.38. The van der Waals surface area contributed by atoms with Crippen molar-refractivity contribution in [2.75, 3.05) is 40.3 Å². The molecule has 9 heteroatoms. The van der Waals surface area contributed by atoms with E-state index in [0.717, 1.165) is 25.9 Å². The van der Waals surface area contributed by atoms with E-state index in [1.165, 1.54) is 0 Å². The zero-order chi connectivity index (χ0) is 19.3. The molecule has 7 nitrogen and oxygen atoms in total. The van der Waals surface area contributed by atoms with E-state index < -0.39 is 25.6 Å². The van der Waals surface area contributed by atoms with Crippen LogP contribution in [0.5, 0.6) is 0 Å². The van der Waals surface area contributed by atoms with Crippen molar-refractivity contribution >= 4 is 26.7 Å². The number of piperidine rings is 2. The van der Waals surface area contributed by atoms with Gasteiger partial charge in [0.25, 0.3) is 0 Å². The van der Waals surface area contributed by atoms with Gasteiger partial charge >= 0.3 is 11.7 Å². The largest absolute Gasteiger partial charge is 0.479 e. The second kappa shape index (κ2) is 10.0. The summed E-state index contributed by atoms with van der Waals surface area (Å²) in [5.41, 5.74) is -1.97. The molecular formula is C17H34ClN3O4Si. The van der Waals surface area contributed by atoms with Crippen molar-refractivity contribution in [1.29, 1.82) is 0 Å². The summed E-state index contributed by atoms with van der Waals surface area (Å²) in [4.78, 5) is 18.5. The number of aliphatic carboxylic acids is 1. The van der Waals surface area contributed by atoms with Gasteiger partial charge in [-0.05, 0) is 46.6 Å². The van der Waals surface area contributed by atoms with E-state index in [1.54, 1.807) is 0 Å². The van der Waals surface area contributed by atoms with Crippen molar-refractivity contribution in [3.8, 4) is 0 Å². The Morgan fingerprint density at radius 2 is 1.42 bits per heavy atom. The molecule has 2 saturated heterocycles. The van der Waals surface area contributed by atoms with Crippen molar-refractivity contribution in [2.45, 2.75) is 56.7 Å². The third kappa shape index (κ3) is 7.90. The maximum atomic E-state index is 10.5. The number of halogens is 1. The molecule has 2 aliphatic heterocycles. The van der Waals surface area contributed by atoms with Crippen LogP contribution in [0.1, 0.15) is 25.7 Å². The first-order valence-corrected chi connectivity index (χ1v) is 12.2. The minimum absolute atomic E-state index is 0. The maximum Gasteiger partial charge on any atom is 0.335 e. The van der Waals surface area contributed by atoms with Gasteiger partial charge in [0, 0.05) is 26.2 Å². The molecular weight excluding hydrogens is 374 g/mol. The van der Waals surface area contributed by atoms with Gasteiger partial charge in [-0.1, -0.05) is 0 Å². The van der Waals surface area contributed by atoms with E-state index in [-0.39, 0.29) is 12.4 Å². The molecule has 0 atom stereocenters. The van der Waals surface area contributed by atoms with Gasteiger partial charge in [0.1, 0.15) is 0 Å². The molecule has 0 bridgehead atoms. The smallest absolute Gasteiger partial charge is 0.335 e. The van der Waals surface area contributed by atoms with Crippen LogP contribution in [0.3, 0.4) is 0 Å². The van der Waals surface area contributed by atoms with Gasteiger partial charge in [-0.15, -0.1) is 12.4 Å². The Balaban J connectivity index is 0.000000475. The highest BCUT2D eigenvalue weighted by atomic mass is 35.5. The van der Waals surface area contributed by atoms with Crippen LogP contribution in [0.15, 0.2) is 0 Å². The van der Waals surface area contributed by atoms with E-state index >= 15 is 0 Å². The zero-order valence-corrected chi connectivity index (χ0v) is 18.4. The predicted molar refractivity (Wildman–Crippen MR) is 107 cm³/mol.